The van der Waals surface area contributed by atoms with Crippen molar-refractivity contribution in [2.75, 3.05) is 12.4 Å². The molecule has 7 heteroatoms. The van der Waals surface area contributed by atoms with Crippen LogP contribution in [0.5, 0.6) is 11.5 Å². The second kappa shape index (κ2) is 8.05. The number of carbonyl (C=O) groups excluding carboxylic acids is 1. The quantitative estimate of drug-likeness (QED) is 0.808. The molecule has 1 amide bonds. The summed E-state index contributed by atoms with van der Waals surface area (Å²) in [7, 11) is 1.32. The first-order chi connectivity index (χ1) is 11.5. The lowest BCUT2D eigenvalue weighted by atomic mass is 10.2. The van der Waals surface area contributed by atoms with E-state index in [0.29, 0.717) is 11.3 Å². The van der Waals surface area contributed by atoms with Crippen LogP contribution in [0.1, 0.15) is 5.56 Å². The molecule has 0 aromatic heterocycles. The van der Waals surface area contributed by atoms with E-state index in [4.69, 9.17) is 4.74 Å². The summed E-state index contributed by atoms with van der Waals surface area (Å²) < 4.78 is 46.8. The number of amides is 1. The molecule has 126 valence electrons. The van der Waals surface area contributed by atoms with Crippen LogP contribution in [0, 0.1) is 5.82 Å². The number of nitrogens with one attached hydrogen (secondary N) is 1. The van der Waals surface area contributed by atoms with Gasteiger partial charge in [-0.2, -0.15) is 8.78 Å². The van der Waals surface area contributed by atoms with Crippen molar-refractivity contribution in [2.24, 2.45) is 0 Å². The van der Waals surface area contributed by atoms with Crippen molar-refractivity contribution in [3.05, 3.63) is 59.9 Å². The van der Waals surface area contributed by atoms with Crippen molar-refractivity contribution in [3.8, 4) is 11.5 Å². The lowest BCUT2D eigenvalue weighted by Crippen LogP contribution is -2.07. The number of methoxy groups -OCH3 is 1. The number of hydrogen-bond donors (Lipinski definition) is 1. The lowest BCUT2D eigenvalue weighted by molar-refractivity contribution is -0.111. The number of carbonyl (C=O) groups is 1. The highest BCUT2D eigenvalue weighted by molar-refractivity contribution is 6.01. The van der Waals surface area contributed by atoms with Gasteiger partial charge in [0.15, 0.2) is 11.5 Å². The highest BCUT2D eigenvalue weighted by atomic mass is 19.3. The molecule has 0 aliphatic heterocycles. The third-order valence-corrected chi connectivity index (χ3v) is 2.92. The van der Waals surface area contributed by atoms with E-state index in [-0.39, 0.29) is 11.5 Å². The predicted molar refractivity (Wildman–Crippen MR) is 83.7 cm³/mol. The first-order valence-corrected chi connectivity index (χ1v) is 6.85. The normalized spacial score (nSPS) is 10.9. The Morgan fingerprint density at radius 3 is 2.62 bits per heavy atom. The van der Waals surface area contributed by atoms with Crippen molar-refractivity contribution in [3.63, 3.8) is 0 Å². The molecule has 0 radical (unpaired) electrons. The third-order valence-electron chi connectivity index (χ3n) is 2.92. The highest BCUT2D eigenvalue weighted by Crippen LogP contribution is 2.29. The molecular formula is C17H14F3NO3. The molecule has 0 bridgehead atoms. The van der Waals surface area contributed by atoms with E-state index in [1.165, 1.54) is 55.7 Å². The molecule has 0 spiro atoms. The number of anilines is 1. The van der Waals surface area contributed by atoms with Gasteiger partial charge in [-0.3, -0.25) is 4.79 Å². The maximum atomic E-state index is 13.0. The molecule has 2 aromatic carbocycles. The van der Waals surface area contributed by atoms with E-state index < -0.39 is 18.3 Å². The molecule has 0 unspecified atom stereocenters. The number of ether oxygens (including phenoxy) is 2. The average molecular weight is 337 g/mol. The summed E-state index contributed by atoms with van der Waals surface area (Å²) >= 11 is 0. The van der Waals surface area contributed by atoms with E-state index in [2.05, 4.69) is 10.1 Å². The van der Waals surface area contributed by atoms with Gasteiger partial charge < -0.3 is 14.8 Å². The van der Waals surface area contributed by atoms with Crippen molar-refractivity contribution >= 4 is 17.7 Å². The Morgan fingerprint density at radius 1 is 1.17 bits per heavy atom. The number of alkyl halides is 2. The minimum Gasteiger partial charge on any atom is -0.493 e. The largest absolute Gasteiger partial charge is 0.493 e. The number of benzene rings is 2. The lowest BCUT2D eigenvalue weighted by Gasteiger charge is -2.10. The molecule has 4 nitrogen and oxygen atoms in total. The Hall–Kier alpha value is -2.96. The molecule has 0 heterocycles. The van der Waals surface area contributed by atoms with Crippen LogP contribution >= 0.6 is 0 Å². The highest BCUT2D eigenvalue weighted by Gasteiger charge is 2.10. The van der Waals surface area contributed by atoms with E-state index in [1.807, 2.05) is 0 Å². The molecule has 2 rings (SSSR count). The van der Waals surface area contributed by atoms with Gasteiger partial charge in [0, 0.05) is 11.8 Å². The molecular weight excluding hydrogens is 323 g/mol. The van der Waals surface area contributed by atoms with Gasteiger partial charge >= 0.3 is 6.61 Å². The molecule has 0 saturated carbocycles. The Balaban J connectivity index is 2.06. The maximum absolute atomic E-state index is 13.0. The molecule has 0 saturated heterocycles. The number of halogens is 3. The van der Waals surface area contributed by atoms with E-state index in [0.717, 1.165) is 0 Å². The van der Waals surface area contributed by atoms with E-state index in [9.17, 15) is 18.0 Å². The molecule has 24 heavy (non-hydrogen) atoms. The minimum absolute atomic E-state index is 0.103. The van der Waals surface area contributed by atoms with Crippen LogP contribution in [0.25, 0.3) is 6.08 Å². The smallest absolute Gasteiger partial charge is 0.387 e. The maximum Gasteiger partial charge on any atom is 0.387 e. The summed E-state index contributed by atoms with van der Waals surface area (Å²) in [4.78, 5) is 11.8. The van der Waals surface area contributed by atoms with Crippen molar-refractivity contribution in [1.29, 1.82) is 0 Å². The van der Waals surface area contributed by atoms with Gasteiger partial charge in [0.25, 0.3) is 0 Å². The molecule has 0 aliphatic rings. The molecule has 0 fully saturated rings. The summed E-state index contributed by atoms with van der Waals surface area (Å²) in [6.45, 7) is -2.96. The van der Waals surface area contributed by atoms with Gasteiger partial charge in [-0.05, 0) is 42.0 Å². The minimum atomic E-state index is -2.96. The van der Waals surface area contributed by atoms with Gasteiger partial charge in [0.2, 0.25) is 5.91 Å². The fourth-order valence-corrected chi connectivity index (χ4v) is 1.90. The third kappa shape index (κ3) is 5.05. The summed E-state index contributed by atoms with van der Waals surface area (Å²) in [5, 5.41) is 2.50. The summed E-state index contributed by atoms with van der Waals surface area (Å²) in [5.41, 5.74) is 0.866. The SMILES string of the molecule is COc1cc(/C=C/C(=O)Nc2cccc(F)c2)ccc1OC(F)F. The van der Waals surface area contributed by atoms with Crippen LogP contribution in [0.2, 0.25) is 0 Å². The Morgan fingerprint density at radius 2 is 1.96 bits per heavy atom. The van der Waals surface area contributed by atoms with Gasteiger partial charge in [0.1, 0.15) is 5.82 Å². The first kappa shape index (κ1) is 17.4. The molecule has 1 N–H and O–H groups in total. The molecule has 0 aliphatic carbocycles. The van der Waals surface area contributed by atoms with Crippen LogP contribution in [0.4, 0.5) is 18.9 Å². The van der Waals surface area contributed by atoms with Crippen LogP contribution in [-0.2, 0) is 4.79 Å². The average Bonchev–Trinajstić information content (AvgIpc) is 2.53. The Bertz CT molecular complexity index is 748. The van der Waals surface area contributed by atoms with Crippen LogP contribution in [0.15, 0.2) is 48.5 Å². The zero-order valence-electron chi connectivity index (χ0n) is 12.6. The topological polar surface area (TPSA) is 47.6 Å². The van der Waals surface area contributed by atoms with E-state index >= 15 is 0 Å². The summed E-state index contributed by atoms with van der Waals surface area (Å²) in [6, 6.07) is 9.73. The van der Waals surface area contributed by atoms with Crippen molar-refractivity contribution in [1.82, 2.24) is 0 Å². The van der Waals surface area contributed by atoms with Crippen LogP contribution < -0.4 is 14.8 Å². The second-order valence-corrected chi connectivity index (χ2v) is 4.62. The zero-order chi connectivity index (χ0) is 17.5. The van der Waals surface area contributed by atoms with Gasteiger partial charge in [0.05, 0.1) is 7.11 Å². The Labute approximate surface area is 136 Å². The summed E-state index contributed by atoms with van der Waals surface area (Å²) in [6.07, 6.45) is 2.69. The van der Waals surface area contributed by atoms with Gasteiger partial charge in [-0.15, -0.1) is 0 Å². The number of hydrogen-bond acceptors (Lipinski definition) is 3. The first-order valence-electron chi connectivity index (χ1n) is 6.85. The fourth-order valence-electron chi connectivity index (χ4n) is 1.90. The van der Waals surface area contributed by atoms with Crippen molar-refractivity contribution in [2.45, 2.75) is 6.61 Å². The monoisotopic (exact) mass is 337 g/mol. The molecule has 2 aromatic rings. The standard InChI is InChI=1S/C17H14F3NO3/c1-23-15-9-11(5-7-14(15)24-17(19)20)6-8-16(22)21-13-4-2-3-12(18)10-13/h2-10,17H,1H3,(H,21,22)/b8-6+. The predicted octanol–water partition coefficient (Wildman–Crippen LogP) is 4.09. The second-order valence-electron chi connectivity index (χ2n) is 4.62. The van der Waals surface area contributed by atoms with Crippen molar-refractivity contribution < 1.29 is 27.4 Å². The number of rotatable bonds is 6. The van der Waals surface area contributed by atoms with Crippen LogP contribution in [-0.4, -0.2) is 19.6 Å². The van der Waals surface area contributed by atoms with E-state index in [1.54, 1.807) is 6.07 Å². The summed E-state index contributed by atoms with van der Waals surface area (Å²) in [5.74, 6) is -0.916. The fraction of sp³-hybridized carbons (Fsp3) is 0.118. The Kier molecular flexibility index (Phi) is 5.83. The van der Waals surface area contributed by atoms with Gasteiger partial charge in [-0.25, -0.2) is 4.39 Å². The zero-order valence-corrected chi connectivity index (χ0v) is 12.6. The van der Waals surface area contributed by atoms with Crippen LogP contribution in [0.3, 0.4) is 0 Å². The van der Waals surface area contributed by atoms with Gasteiger partial charge in [-0.1, -0.05) is 12.1 Å². The molecule has 0 atom stereocenters.